The van der Waals surface area contributed by atoms with E-state index in [0.717, 1.165) is 11.3 Å². The fourth-order valence-corrected chi connectivity index (χ4v) is 3.71. The number of nitrogens with zero attached hydrogens (tertiary/aromatic N) is 4. The summed E-state index contributed by atoms with van der Waals surface area (Å²) in [5.74, 6) is 0.289. The summed E-state index contributed by atoms with van der Waals surface area (Å²) in [7, 11) is 1.82. The van der Waals surface area contributed by atoms with Crippen LogP contribution >= 0.6 is 0 Å². The Morgan fingerprint density at radius 2 is 1.90 bits per heavy atom. The van der Waals surface area contributed by atoms with Crippen LogP contribution in [0.3, 0.4) is 0 Å². The molecule has 1 aliphatic rings. The van der Waals surface area contributed by atoms with Gasteiger partial charge in [0.2, 0.25) is 5.91 Å². The molecule has 7 nitrogen and oxygen atoms in total. The maximum Gasteiger partial charge on any atom is 0.289 e. The van der Waals surface area contributed by atoms with Gasteiger partial charge in [0.15, 0.2) is 5.76 Å². The number of hydrogen-bond donors (Lipinski definition) is 0. The van der Waals surface area contributed by atoms with Crippen molar-refractivity contribution in [1.29, 1.82) is 0 Å². The lowest BCUT2D eigenvalue weighted by Gasteiger charge is -2.32. The summed E-state index contributed by atoms with van der Waals surface area (Å²) in [4.78, 5) is 28.7. The zero-order chi connectivity index (χ0) is 20.2. The molecule has 7 heteroatoms. The maximum absolute atomic E-state index is 12.9. The molecule has 1 aliphatic heterocycles. The third-order valence-electron chi connectivity index (χ3n) is 5.32. The molecule has 0 atom stereocenters. The highest BCUT2D eigenvalue weighted by Crippen LogP contribution is 2.22. The monoisotopic (exact) mass is 392 g/mol. The van der Waals surface area contributed by atoms with E-state index in [2.05, 4.69) is 5.10 Å². The normalized spacial score (nSPS) is 14.7. The molecule has 0 saturated carbocycles. The summed E-state index contributed by atoms with van der Waals surface area (Å²) in [5, 5.41) is 4.39. The Balaban J connectivity index is 1.31. The van der Waals surface area contributed by atoms with E-state index in [0.29, 0.717) is 38.2 Å². The molecule has 0 unspecified atom stereocenters. The Morgan fingerprint density at radius 3 is 2.59 bits per heavy atom. The number of benzene rings is 1. The van der Waals surface area contributed by atoms with Gasteiger partial charge in [-0.3, -0.25) is 9.59 Å². The first kappa shape index (κ1) is 19.0. The number of carbonyl (C=O) groups excluding carboxylic acids is 2. The zero-order valence-corrected chi connectivity index (χ0v) is 16.4. The van der Waals surface area contributed by atoms with Crippen LogP contribution in [0.4, 0.5) is 0 Å². The molecule has 29 heavy (non-hydrogen) atoms. The summed E-state index contributed by atoms with van der Waals surface area (Å²) in [6.45, 7) is 1.64. The minimum atomic E-state index is -0.109. The number of furan rings is 1. The average Bonchev–Trinajstić information content (AvgIpc) is 3.46. The number of aromatic nitrogens is 2. The van der Waals surface area contributed by atoms with Crippen LogP contribution in [-0.2, 0) is 11.3 Å². The van der Waals surface area contributed by atoms with Crippen molar-refractivity contribution in [2.24, 2.45) is 5.92 Å². The molecule has 150 valence electrons. The summed E-state index contributed by atoms with van der Waals surface area (Å²) in [6.07, 6.45) is 6.57. The molecule has 0 bridgehead atoms. The van der Waals surface area contributed by atoms with Crippen LogP contribution in [0.25, 0.3) is 5.69 Å². The highest BCUT2D eigenvalue weighted by molar-refractivity contribution is 5.91. The number of likely N-dealkylation sites (tertiary alicyclic amines) is 1. The number of rotatable bonds is 5. The van der Waals surface area contributed by atoms with Crippen molar-refractivity contribution in [2.45, 2.75) is 19.4 Å². The fraction of sp³-hybridized carbons (Fsp3) is 0.318. The number of amides is 2. The van der Waals surface area contributed by atoms with Gasteiger partial charge in [-0.05, 0) is 37.1 Å². The quantitative estimate of drug-likeness (QED) is 0.669. The predicted molar refractivity (Wildman–Crippen MR) is 107 cm³/mol. The molecule has 0 N–H and O–H groups in total. The topological polar surface area (TPSA) is 71.6 Å². The fourth-order valence-electron chi connectivity index (χ4n) is 3.71. The summed E-state index contributed by atoms with van der Waals surface area (Å²) >= 11 is 0. The summed E-state index contributed by atoms with van der Waals surface area (Å²) < 4.78 is 7.00. The Bertz CT molecular complexity index is 957. The third kappa shape index (κ3) is 4.23. The molecule has 4 rings (SSSR count). The van der Waals surface area contributed by atoms with Gasteiger partial charge in [-0.1, -0.05) is 18.2 Å². The van der Waals surface area contributed by atoms with Gasteiger partial charge < -0.3 is 14.2 Å². The molecule has 0 spiro atoms. The van der Waals surface area contributed by atoms with Crippen LogP contribution in [0.15, 0.2) is 65.5 Å². The molecule has 3 aromatic rings. The van der Waals surface area contributed by atoms with Gasteiger partial charge >= 0.3 is 0 Å². The van der Waals surface area contributed by atoms with E-state index in [9.17, 15) is 9.59 Å². The van der Waals surface area contributed by atoms with Crippen molar-refractivity contribution in [3.63, 3.8) is 0 Å². The molecule has 1 fully saturated rings. The van der Waals surface area contributed by atoms with Crippen LogP contribution < -0.4 is 0 Å². The first-order valence-electron chi connectivity index (χ1n) is 9.78. The smallest absolute Gasteiger partial charge is 0.289 e. The van der Waals surface area contributed by atoms with E-state index in [1.54, 1.807) is 28.1 Å². The van der Waals surface area contributed by atoms with E-state index < -0.39 is 0 Å². The van der Waals surface area contributed by atoms with Gasteiger partial charge in [0.25, 0.3) is 5.91 Å². The van der Waals surface area contributed by atoms with Gasteiger partial charge in [-0.2, -0.15) is 5.10 Å². The molecule has 0 radical (unpaired) electrons. The van der Waals surface area contributed by atoms with Crippen molar-refractivity contribution in [3.8, 4) is 5.69 Å². The molecule has 2 amide bonds. The second-order valence-electron chi connectivity index (χ2n) is 7.37. The van der Waals surface area contributed by atoms with Crippen molar-refractivity contribution >= 4 is 11.8 Å². The van der Waals surface area contributed by atoms with Gasteiger partial charge in [0, 0.05) is 44.4 Å². The number of para-hydroxylation sites is 1. The minimum Gasteiger partial charge on any atom is -0.459 e. The highest BCUT2D eigenvalue weighted by Gasteiger charge is 2.30. The second-order valence-corrected chi connectivity index (χ2v) is 7.37. The van der Waals surface area contributed by atoms with Gasteiger partial charge in [-0.15, -0.1) is 0 Å². The van der Waals surface area contributed by atoms with Crippen LogP contribution in [-0.4, -0.2) is 51.5 Å². The molecular formula is C22H24N4O3. The molecule has 3 heterocycles. The van der Waals surface area contributed by atoms with Crippen molar-refractivity contribution < 1.29 is 14.0 Å². The van der Waals surface area contributed by atoms with Gasteiger partial charge in [-0.25, -0.2) is 4.68 Å². The minimum absolute atomic E-state index is 0.0650. The zero-order valence-electron chi connectivity index (χ0n) is 16.4. The van der Waals surface area contributed by atoms with E-state index in [1.165, 1.54) is 6.26 Å². The Kier molecular flexibility index (Phi) is 5.46. The first-order valence-corrected chi connectivity index (χ1v) is 9.78. The van der Waals surface area contributed by atoms with Gasteiger partial charge in [0.1, 0.15) is 0 Å². The summed E-state index contributed by atoms with van der Waals surface area (Å²) in [5.41, 5.74) is 1.97. The van der Waals surface area contributed by atoms with E-state index in [4.69, 9.17) is 4.42 Å². The lowest BCUT2D eigenvalue weighted by molar-refractivity contribution is -0.136. The molecule has 1 saturated heterocycles. The third-order valence-corrected chi connectivity index (χ3v) is 5.32. The van der Waals surface area contributed by atoms with Crippen molar-refractivity contribution in [1.82, 2.24) is 19.6 Å². The average molecular weight is 392 g/mol. The van der Waals surface area contributed by atoms with Crippen LogP contribution in [0, 0.1) is 5.92 Å². The molecule has 0 aliphatic carbocycles. The van der Waals surface area contributed by atoms with Gasteiger partial charge in [0.05, 0.1) is 18.1 Å². The summed E-state index contributed by atoms with van der Waals surface area (Å²) in [6, 6.07) is 13.3. The maximum atomic E-state index is 12.9. The molecule has 1 aromatic carbocycles. The number of hydrogen-bond acceptors (Lipinski definition) is 4. The van der Waals surface area contributed by atoms with Crippen molar-refractivity contribution in [2.75, 3.05) is 20.1 Å². The largest absolute Gasteiger partial charge is 0.459 e. The van der Waals surface area contributed by atoms with Crippen LogP contribution in [0.2, 0.25) is 0 Å². The Labute approximate surface area is 169 Å². The Hall–Kier alpha value is -3.35. The standard InChI is InChI=1S/C22H24N4O3/c1-24(15-17-14-23-26(16-17)19-6-3-2-4-7-19)21(27)18-9-11-25(12-10-18)22(28)20-8-5-13-29-20/h2-8,13-14,16,18H,9-12,15H2,1H3. The molecular weight excluding hydrogens is 368 g/mol. The van der Waals surface area contributed by atoms with Crippen LogP contribution in [0.5, 0.6) is 0 Å². The predicted octanol–water partition coefficient (Wildman–Crippen LogP) is 2.98. The van der Waals surface area contributed by atoms with E-state index >= 15 is 0 Å². The first-order chi connectivity index (χ1) is 14.1. The highest BCUT2D eigenvalue weighted by atomic mass is 16.3. The lowest BCUT2D eigenvalue weighted by atomic mass is 9.95. The van der Waals surface area contributed by atoms with Crippen molar-refractivity contribution in [3.05, 3.63) is 72.4 Å². The lowest BCUT2D eigenvalue weighted by Crippen LogP contribution is -2.43. The number of carbonyl (C=O) groups is 2. The SMILES string of the molecule is CN(Cc1cnn(-c2ccccc2)c1)C(=O)C1CCN(C(=O)c2ccco2)CC1. The number of piperidine rings is 1. The second kappa shape index (κ2) is 8.34. The van der Waals surface area contributed by atoms with Crippen LogP contribution in [0.1, 0.15) is 29.0 Å². The van der Waals surface area contributed by atoms with E-state index in [1.807, 2.05) is 48.3 Å². The Morgan fingerprint density at radius 1 is 1.14 bits per heavy atom. The molecule has 2 aromatic heterocycles. The van der Waals surface area contributed by atoms with E-state index in [-0.39, 0.29) is 17.7 Å².